The number of piperazine rings is 1. The van der Waals surface area contributed by atoms with Gasteiger partial charge in [-0.15, -0.1) is 0 Å². The summed E-state index contributed by atoms with van der Waals surface area (Å²) in [6.45, 7) is 3.68. The molecule has 3 N–H and O–H groups in total. The van der Waals surface area contributed by atoms with E-state index in [1.807, 2.05) is 0 Å². The lowest BCUT2D eigenvalue weighted by atomic mass is 10.2. The number of nitrogens with zero attached hydrogens (tertiary/aromatic N) is 2. The molecule has 0 aromatic rings. The molecule has 2 fully saturated rings. The van der Waals surface area contributed by atoms with Gasteiger partial charge in [-0.1, -0.05) is 0 Å². The van der Waals surface area contributed by atoms with E-state index in [4.69, 9.17) is 5.11 Å². The van der Waals surface area contributed by atoms with Crippen molar-refractivity contribution < 1.29 is 14.7 Å². The van der Waals surface area contributed by atoms with Gasteiger partial charge in [-0.2, -0.15) is 0 Å². The summed E-state index contributed by atoms with van der Waals surface area (Å²) in [5.74, 6) is -0.158. The molecule has 0 bridgehead atoms. The summed E-state index contributed by atoms with van der Waals surface area (Å²) < 4.78 is 0. The minimum absolute atomic E-state index is 0.0213. The van der Waals surface area contributed by atoms with Gasteiger partial charge in [0, 0.05) is 32.7 Å². The molecule has 1 unspecified atom stereocenters. The predicted molar refractivity (Wildman–Crippen MR) is 59.8 cm³/mol. The Labute approximate surface area is 99.7 Å². The van der Waals surface area contributed by atoms with Crippen molar-refractivity contribution in [3.63, 3.8) is 0 Å². The van der Waals surface area contributed by atoms with Crippen LogP contribution in [0.25, 0.3) is 0 Å². The Kier molecular flexibility index (Phi) is 3.93. The fraction of sp³-hybridized carbons (Fsp3) is 0.800. The first-order chi connectivity index (χ1) is 8.20. The standard InChI is InChI=1S/C10H18N4O3/c15-6-5-13-1-3-14(4-2-13)10(17)8-7-9(16)12-11-8/h8,11,15H,1-7H2,(H,12,16). The Morgan fingerprint density at radius 1 is 1.35 bits per heavy atom. The third-order valence-electron chi connectivity index (χ3n) is 3.17. The Morgan fingerprint density at radius 3 is 2.59 bits per heavy atom. The van der Waals surface area contributed by atoms with Crippen molar-refractivity contribution in [2.24, 2.45) is 0 Å². The van der Waals surface area contributed by atoms with Crippen LogP contribution in [-0.2, 0) is 9.59 Å². The van der Waals surface area contributed by atoms with Gasteiger partial charge in [0.05, 0.1) is 13.0 Å². The average Bonchev–Trinajstić information content (AvgIpc) is 2.76. The highest BCUT2D eigenvalue weighted by Gasteiger charge is 2.32. The van der Waals surface area contributed by atoms with E-state index >= 15 is 0 Å². The van der Waals surface area contributed by atoms with Gasteiger partial charge < -0.3 is 10.0 Å². The number of carbonyl (C=O) groups excluding carboxylic acids is 2. The average molecular weight is 242 g/mol. The van der Waals surface area contributed by atoms with Crippen molar-refractivity contribution in [2.75, 3.05) is 39.3 Å². The molecule has 0 saturated carbocycles. The molecule has 2 aliphatic heterocycles. The smallest absolute Gasteiger partial charge is 0.242 e. The summed E-state index contributed by atoms with van der Waals surface area (Å²) in [6.07, 6.45) is 0.218. The van der Waals surface area contributed by atoms with Crippen LogP contribution in [0.1, 0.15) is 6.42 Å². The number of nitrogens with one attached hydrogen (secondary N) is 2. The highest BCUT2D eigenvalue weighted by molar-refractivity contribution is 5.90. The van der Waals surface area contributed by atoms with Crippen LogP contribution in [0.3, 0.4) is 0 Å². The fourth-order valence-corrected chi connectivity index (χ4v) is 2.16. The Balaban J connectivity index is 1.80. The molecule has 2 saturated heterocycles. The maximum absolute atomic E-state index is 12.0. The molecule has 2 heterocycles. The molecule has 0 radical (unpaired) electrons. The van der Waals surface area contributed by atoms with Gasteiger partial charge in [0.25, 0.3) is 0 Å². The molecule has 2 amide bonds. The highest BCUT2D eigenvalue weighted by atomic mass is 16.3. The Morgan fingerprint density at radius 2 is 2.06 bits per heavy atom. The van der Waals surface area contributed by atoms with Gasteiger partial charge in [0.2, 0.25) is 11.8 Å². The number of rotatable bonds is 3. The molecular formula is C10H18N4O3. The summed E-state index contributed by atoms with van der Waals surface area (Å²) in [4.78, 5) is 26.9. The number of amides is 2. The monoisotopic (exact) mass is 242 g/mol. The maximum atomic E-state index is 12.0. The first-order valence-corrected chi connectivity index (χ1v) is 5.87. The first-order valence-electron chi connectivity index (χ1n) is 5.87. The summed E-state index contributed by atoms with van der Waals surface area (Å²) in [5, 5.41) is 8.82. The van der Waals surface area contributed by atoms with Gasteiger partial charge >= 0.3 is 0 Å². The van der Waals surface area contributed by atoms with Crippen LogP contribution in [0.4, 0.5) is 0 Å². The van der Waals surface area contributed by atoms with Crippen LogP contribution >= 0.6 is 0 Å². The lowest BCUT2D eigenvalue weighted by Gasteiger charge is -2.35. The van der Waals surface area contributed by atoms with Crippen molar-refractivity contribution in [3.05, 3.63) is 0 Å². The molecule has 0 aromatic carbocycles. The van der Waals surface area contributed by atoms with Crippen molar-refractivity contribution in [1.82, 2.24) is 20.7 Å². The van der Waals surface area contributed by atoms with Crippen LogP contribution in [0.15, 0.2) is 0 Å². The van der Waals surface area contributed by atoms with Gasteiger partial charge in [0.15, 0.2) is 0 Å². The normalized spacial score (nSPS) is 26.1. The zero-order chi connectivity index (χ0) is 12.3. The number of carbonyl (C=O) groups is 2. The molecule has 96 valence electrons. The number of β-amino-alcohol motifs (C(OH)–C–C–N with tert-alkyl or cyclic N) is 1. The quantitative estimate of drug-likeness (QED) is 0.510. The van der Waals surface area contributed by atoms with Gasteiger partial charge in [-0.3, -0.25) is 19.9 Å². The highest BCUT2D eigenvalue weighted by Crippen LogP contribution is 2.07. The second kappa shape index (κ2) is 5.44. The molecule has 17 heavy (non-hydrogen) atoms. The number of hydrogen-bond acceptors (Lipinski definition) is 5. The van der Waals surface area contributed by atoms with E-state index in [-0.39, 0.29) is 24.8 Å². The Bertz CT molecular complexity index is 302. The van der Waals surface area contributed by atoms with Gasteiger partial charge in [-0.25, -0.2) is 5.43 Å². The molecule has 7 heteroatoms. The number of hydrogen-bond donors (Lipinski definition) is 3. The summed E-state index contributed by atoms with van der Waals surface area (Å²) in [5.41, 5.74) is 5.13. The largest absolute Gasteiger partial charge is 0.395 e. The van der Waals surface area contributed by atoms with E-state index in [1.165, 1.54) is 0 Å². The lowest BCUT2D eigenvalue weighted by molar-refractivity contribution is -0.135. The van der Waals surface area contributed by atoms with E-state index in [1.54, 1.807) is 4.90 Å². The predicted octanol–water partition coefficient (Wildman–Crippen LogP) is -2.48. The zero-order valence-electron chi connectivity index (χ0n) is 9.69. The van der Waals surface area contributed by atoms with Crippen molar-refractivity contribution in [3.8, 4) is 0 Å². The van der Waals surface area contributed by atoms with E-state index in [9.17, 15) is 9.59 Å². The number of hydrazine groups is 1. The minimum Gasteiger partial charge on any atom is -0.395 e. The van der Waals surface area contributed by atoms with E-state index in [0.29, 0.717) is 19.6 Å². The fourth-order valence-electron chi connectivity index (χ4n) is 2.16. The van der Waals surface area contributed by atoms with E-state index in [0.717, 1.165) is 13.1 Å². The van der Waals surface area contributed by atoms with Crippen LogP contribution in [0, 0.1) is 0 Å². The second-order valence-electron chi connectivity index (χ2n) is 4.34. The summed E-state index contributed by atoms with van der Waals surface area (Å²) >= 11 is 0. The molecule has 0 spiro atoms. The van der Waals surface area contributed by atoms with Crippen LogP contribution in [-0.4, -0.2) is 72.1 Å². The molecule has 2 aliphatic rings. The van der Waals surface area contributed by atoms with Crippen molar-refractivity contribution in [1.29, 1.82) is 0 Å². The molecule has 1 atom stereocenters. The maximum Gasteiger partial charge on any atom is 0.242 e. The molecule has 7 nitrogen and oxygen atoms in total. The van der Waals surface area contributed by atoms with Crippen molar-refractivity contribution >= 4 is 11.8 Å². The van der Waals surface area contributed by atoms with Crippen molar-refractivity contribution in [2.45, 2.75) is 12.5 Å². The topological polar surface area (TPSA) is 84.9 Å². The first kappa shape index (κ1) is 12.3. The third kappa shape index (κ3) is 2.93. The second-order valence-corrected chi connectivity index (χ2v) is 4.34. The van der Waals surface area contributed by atoms with Gasteiger partial charge in [0.1, 0.15) is 6.04 Å². The molecular weight excluding hydrogens is 224 g/mol. The van der Waals surface area contributed by atoms with E-state index in [2.05, 4.69) is 15.8 Å². The zero-order valence-corrected chi connectivity index (χ0v) is 9.69. The minimum atomic E-state index is -0.424. The van der Waals surface area contributed by atoms with Gasteiger partial charge in [-0.05, 0) is 0 Å². The molecule has 0 aromatic heterocycles. The lowest BCUT2D eigenvalue weighted by Crippen LogP contribution is -2.54. The Hall–Kier alpha value is -1.18. The van der Waals surface area contributed by atoms with Crippen LogP contribution < -0.4 is 10.9 Å². The summed E-state index contributed by atoms with van der Waals surface area (Å²) in [7, 11) is 0. The summed E-state index contributed by atoms with van der Waals surface area (Å²) in [6, 6.07) is -0.424. The van der Waals surface area contributed by atoms with E-state index < -0.39 is 6.04 Å². The number of aliphatic hydroxyl groups excluding tert-OH is 1. The number of aliphatic hydroxyl groups is 1. The SMILES string of the molecule is O=C1CC(C(=O)N2CCN(CCO)CC2)NN1. The van der Waals surface area contributed by atoms with Crippen LogP contribution in [0.2, 0.25) is 0 Å². The third-order valence-corrected chi connectivity index (χ3v) is 3.17. The molecule has 2 rings (SSSR count). The molecule has 0 aliphatic carbocycles. The van der Waals surface area contributed by atoms with Crippen LogP contribution in [0.5, 0.6) is 0 Å².